The Morgan fingerprint density at radius 1 is 0.903 bits per heavy atom. The van der Waals surface area contributed by atoms with Crippen molar-refractivity contribution in [2.75, 3.05) is 18.9 Å². The van der Waals surface area contributed by atoms with Gasteiger partial charge in [-0.2, -0.15) is 0 Å². The fraction of sp³-hybridized carbons (Fsp3) is 0.167. The van der Waals surface area contributed by atoms with Crippen molar-refractivity contribution in [2.45, 2.75) is 17.6 Å². The monoisotopic (exact) mass is 436 g/mol. The number of aryl methyl sites for hydroxylation is 1. The number of nitrogens with one attached hydrogen (secondary N) is 1. The fourth-order valence-electron chi connectivity index (χ4n) is 3.07. The lowest BCUT2D eigenvalue weighted by atomic mass is 10.1. The van der Waals surface area contributed by atoms with Crippen LogP contribution in [0.4, 0.5) is 5.69 Å². The van der Waals surface area contributed by atoms with Crippen LogP contribution in [0.3, 0.4) is 0 Å². The zero-order valence-corrected chi connectivity index (χ0v) is 18.2. The molecule has 0 bridgehead atoms. The van der Waals surface area contributed by atoms with E-state index in [0.29, 0.717) is 16.8 Å². The minimum Gasteiger partial charge on any atom is -0.332 e. The lowest BCUT2D eigenvalue weighted by Crippen LogP contribution is -2.35. The van der Waals surface area contributed by atoms with Crippen LogP contribution in [-0.4, -0.2) is 38.7 Å². The fourth-order valence-corrected chi connectivity index (χ4v) is 4.43. The van der Waals surface area contributed by atoms with Crippen LogP contribution >= 0.6 is 0 Å². The van der Waals surface area contributed by atoms with E-state index in [1.54, 1.807) is 66.7 Å². The first-order chi connectivity index (χ1) is 14.7. The van der Waals surface area contributed by atoms with Gasteiger partial charge in [0, 0.05) is 18.3 Å². The summed E-state index contributed by atoms with van der Waals surface area (Å²) in [5.41, 5.74) is 2.57. The molecule has 3 aromatic rings. The minimum atomic E-state index is -3.52. The van der Waals surface area contributed by atoms with Gasteiger partial charge in [0.1, 0.15) is 0 Å². The summed E-state index contributed by atoms with van der Waals surface area (Å²) >= 11 is 0. The Balaban J connectivity index is 1.66. The minimum absolute atomic E-state index is 0.126. The summed E-state index contributed by atoms with van der Waals surface area (Å²) in [4.78, 5) is 26.6. The number of hydrogen-bond donors (Lipinski definition) is 1. The van der Waals surface area contributed by atoms with Crippen LogP contribution in [0.2, 0.25) is 0 Å². The number of amides is 2. The van der Waals surface area contributed by atoms with Gasteiger partial charge in [-0.15, -0.1) is 0 Å². The summed E-state index contributed by atoms with van der Waals surface area (Å²) in [7, 11) is -1.99. The van der Waals surface area contributed by atoms with E-state index in [0.717, 1.165) is 5.56 Å². The van der Waals surface area contributed by atoms with Gasteiger partial charge in [0.2, 0.25) is 5.91 Å². The van der Waals surface area contributed by atoms with Gasteiger partial charge in [-0.05, 0) is 48.9 Å². The van der Waals surface area contributed by atoms with Gasteiger partial charge in [-0.1, -0.05) is 48.0 Å². The van der Waals surface area contributed by atoms with Crippen molar-refractivity contribution in [2.24, 2.45) is 0 Å². The molecule has 0 aliphatic heterocycles. The lowest BCUT2D eigenvalue weighted by Gasteiger charge is -2.17. The second-order valence-corrected chi connectivity index (χ2v) is 9.34. The van der Waals surface area contributed by atoms with Crippen LogP contribution in [0.1, 0.15) is 21.5 Å². The predicted octanol–water partition coefficient (Wildman–Crippen LogP) is 3.68. The van der Waals surface area contributed by atoms with E-state index >= 15 is 0 Å². The first-order valence-corrected chi connectivity index (χ1v) is 11.4. The average molecular weight is 437 g/mol. The molecule has 0 atom stereocenters. The maximum absolute atomic E-state index is 12.8. The second-order valence-electron chi connectivity index (χ2n) is 7.35. The van der Waals surface area contributed by atoms with Crippen molar-refractivity contribution in [1.29, 1.82) is 0 Å². The van der Waals surface area contributed by atoms with Crippen LogP contribution in [0.15, 0.2) is 83.8 Å². The maximum atomic E-state index is 12.8. The second kappa shape index (κ2) is 9.57. The summed E-state index contributed by atoms with van der Waals surface area (Å²) in [6.07, 6.45) is 0. The molecule has 160 valence electrons. The van der Waals surface area contributed by atoms with Crippen LogP contribution in [0.5, 0.6) is 0 Å². The highest BCUT2D eigenvalue weighted by Crippen LogP contribution is 2.17. The largest absolute Gasteiger partial charge is 0.332 e. The number of rotatable bonds is 7. The number of nitrogens with zero attached hydrogens (tertiary/aromatic N) is 1. The van der Waals surface area contributed by atoms with Gasteiger partial charge in [-0.25, -0.2) is 8.42 Å². The molecule has 0 saturated heterocycles. The first-order valence-electron chi connectivity index (χ1n) is 9.73. The highest BCUT2D eigenvalue weighted by molar-refractivity contribution is 7.90. The van der Waals surface area contributed by atoms with Crippen LogP contribution < -0.4 is 5.32 Å². The third kappa shape index (κ3) is 6.02. The van der Waals surface area contributed by atoms with Gasteiger partial charge >= 0.3 is 0 Å². The van der Waals surface area contributed by atoms with Gasteiger partial charge in [0.05, 0.1) is 17.2 Å². The standard InChI is InChI=1S/C24H24N2O4S/c1-18-11-13-21(14-12-18)25-23(27)16-26(2)24(28)20-8-6-7-19(15-20)17-31(29,30)22-9-4-3-5-10-22/h3-15H,16-17H2,1-2H3,(H,25,27). The summed E-state index contributed by atoms with van der Waals surface area (Å²) in [5.74, 6) is -0.893. The zero-order chi connectivity index (χ0) is 22.4. The Hall–Kier alpha value is -3.45. The molecule has 0 spiro atoms. The van der Waals surface area contributed by atoms with Gasteiger partial charge in [0.15, 0.2) is 9.84 Å². The third-order valence-electron chi connectivity index (χ3n) is 4.70. The first kappa shape index (κ1) is 22.2. The van der Waals surface area contributed by atoms with Crippen molar-refractivity contribution in [3.8, 4) is 0 Å². The van der Waals surface area contributed by atoms with Crippen molar-refractivity contribution in [1.82, 2.24) is 4.90 Å². The number of hydrogen-bond acceptors (Lipinski definition) is 4. The molecule has 0 radical (unpaired) electrons. The molecule has 1 N–H and O–H groups in total. The van der Waals surface area contributed by atoms with E-state index in [9.17, 15) is 18.0 Å². The van der Waals surface area contributed by atoms with Crippen molar-refractivity contribution in [3.05, 3.63) is 95.6 Å². The third-order valence-corrected chi connectivity index (χ3v) is 6.40. The summed E-state index contributed by atoms with van der Waals surface area (Å²) in [6, 6.07) is 22.0. The SMILES string of the molecule is Cc1ccc(NC(=O)CN(C)C(=O)c2cccc(CS(=O)(=O)c3ccccc3)c2)cc1. The average Bonchev–Trinajstić information content (AvgIpc) is 2.75. The van der Waals surface area contributed by atoms with Crippen molar-refractivity contribution >= 4 is 27.3 Å². The molecule has 0 unspecified atom stereocenters. The van der Waals surface area contributed by atoms with Crippen molar-refractivity contribution < 1.29 is 18.0 Å². The molecule has 3 aromatic carbocycles. The smallest absolute Gasteiger partial charge is 0.254 e. The molecule has 6 nitrogen and oxygen atoms in total. The number of carbonyl (C=O) groups is 2. The molecule has 0 saturated carbocycles. The normalized spacial score (nSPS) is 11.0. The van der Waals surface area contributed by atoms with E-state index in [1.165, 1.54) is 11.9 Å². The Morgan fingerprint density at radius 2 is 1.58 bits per heavy atom. The lowest BCUT2D eigenvalue weighted by molar-refractivity contribution is -0.116. The Bertz CT molecular complexity index is 1170. The number of benzene rings is 3. The molecule has 0 fully saturated rings. The summed E-state index contributed by atoms with van der Waals surface area (Å²) < 4.78 is 25.2. The Morgan fingerprint density at radius 3 is 2.26 bits per heavy atom. The summed E-state index contributed by atoms with van der Waals surface area (Å²) in [5, 5.41) is 2.75. The molecular formula is C24H24N2O4S. The van der Waals surface area contributed by atoms with Crippen LogP contribution in [0, 0.1) is 6.92 Å². The van der Waals surface area contributed by atoms with E-state index < -0.39 is 9.84 Å². The molecule has 31 heavy (non-hydrogen) atoms. The highest BCUT2D eigenvalue weighted by Gasteiger charge is 2.18. The predicted molar refractivity (Wildman–Crippen MR) is 121 cm³/mol. The number of anilines is 1. The van der Waals surface area contributed by atoms with E-state index in [1.807, 2.05) is 19.1 Å². The molecule has 0 aliphatic carbocycles. The molecule has 0 aromatic heterocycles. The molecule has 2 amide bonds. The van der Waals surface area contributed by atoms with Gasteiger partial charge in [-0.3, -0.25) is 9.59 Å². The number of carbonyl (C=O) groups excluding carboxylic acids is 2. The van der Waals surface area contributed by atoms with Gasteiger partial charge in [0.25, 0.3) is 5.91 Å². The summed E-state index contributed by atoms with van der Waals surface area (Å²) in [6.45, 7) is 1.83. The van der Waals surface area contributed by atoms with E-state index in [2.05, 4.69) is 5.32 Å². The molecule has 7 heteroatoms. The molecule has 0 aliphatic rings. The van der Waals surface area contributed by atoms with Crippen LogP contribution in [0.25, 0.3) is 0 Å². The highest BCUT2D eigenvalue weighted by atomic mass is 32.2. The maximum Gasteiger partial charge on any atom is 0.254 e. The quantitative estimate of drug-likeness (QED) is 0.612. The molecule has 0 heterocycles. The van der Waals surface area contributed by atoms with Gasteiger partial charge < -0.3 is 10.2 Å². The topological polar surface area (TPSA) is 83.6 Å². The molecule has 3 rings (SSSR count). The zero-order valence-electron chi connectivity index (χ0n) is 17.4. The Kier molecular flexibility index (Phi) is 6.87. The molecular weight excluding hydrogens is 412 g/mol. The number of sulfone groups is 1. The number of likely N-dealkylation sites (N-methyl/N-ethyl adjacent to an activating group) is 1. The Labute approximate surface area is 182 Å². The van der Waals surface area contributed by atoms with Crippen molar-refractivity contribution in [3.63, 3.8) is 0 Å². The van der Waals surface area contributed by atoms with E-state index in [4.69, 9.17) is 0 Å². The van der Waals surface area contributed by atoms with Crippen LogP contribution in [-0.2, 0) is 20.4 Å². The van der Waals surface area contributed by atoms with E-state index in [-0.39, 0.29) is 29.0 Å².